The summed E-state index contributed by atoms with van der Waals surface area (Å²) < 4.78 is 33.8. The predicted molar refractivity (Wildman–Crippen MR) is 136 cm³/mol. The van der Waals surface area contributed by atoms with E-state index in [1.807, 2.05) is 13.8 Å². The van der Waals surface area contributed by atoms with Crippen LogP contribution in [0.3, 0.4) is 0 Å². The Morgan fingerprint density at radius 3 is 2.25 bits per heavy atom. The van der Waals surface area contributed by atoms with Gasteiger partial charge in [0.15, 0.2) is 0 Å². The molecule has 2 aromatic carbocycles. The Bertz CT molecular complexity index is 1270. The minimum absolute atomic E-state index is 0.0983. The van der Waals surface area contributed by atoms with Crippen LogP contribution in [0.4, 0.5) is 10.5 Å². The number of ether oxygens (including phenoxy) is 1. The van der Waals surface area contributed by atoms with Crippen LogP contribution in [0.2, 0.25) is 0 Å². The molecule has 2 saturated heterocycles. The second-order valence-electron chi connectivity index (χ2n) is 9.11. The molecule has 4 rings (SSSR count). The summed E-state index contributed by atoms with van der Waals surface area (Å²) in [6.07, 6.45) is -0.420. The van der Waals surface area contributed by atoms with Crippen molar-refractivity contribution in [2.24, 2.45) is 0 Å². The molecule has 0 radical (unpaired) electrons. The van der Waals surface area contributed by atoms with Gasteiger partial charge in [-0.1, -0.05) is 28.1 Å². The first-order chi connectivity index (χ1) is 16.9. The molecule has 192 valence electrons. The molecular formula is C24H27BrN4O6S. The number of hydrogen-bond acceptors (Lipinski definition) is 6. The number of nitrogens with zero attached hydrogens (tertiary/aromatic N) is 2. The highest BCUT2D eigenvalue weighted by molar-refractivity contribution is 9.10. The van der Waals surface area contributed by atoms with Crippen molar-refractivity contribution >= 4 is 49.5 Å². The van der Waals surface area contributed by atoms with Crippen molar-refractivity contribution in [3.8, 4) is 0 Å². The average Bonchev–Trinajstić information content (AvgIpc) is 3.03. The third kappa shape index (κ3) is 5.17. The maximum absolute atomic E-state index is 13.0. The van der Waals surface area contributed by atoms with Crippen LogP contribution in [-0.4, -0.2) is 67.3 Å². The standard InChI is InChI=1S/C24H27BrN4O6S/c1-15-12-28(13-16(2)35-15)36(33,34)20-10-8-19(9-11-20)26-21(30)14-29-22(31)24(3,27-23(29)32)17-4-6-18(25)7-5-17/h4-11,15-16H,12-14H2,1-3H3,(H,26,30)(H,27,32)/t15-,16-,24-/m1/s1. The summed E-state index contributed by atoms with van der Waals surface area (Å²) in [5.41, 5.74) is -0.360. The van der Waals surface area contributed by atoms with E-state index in [-0.39, 0.29) is 30.2 Å². The fourth-order valence-electron chi connectivity index (χ4n) is 4.35. The van der Waals surface area contributed by atoms with E-state index in [9.17, 15) is 22.8 Å². The third-order valence-electron chi connectivity index (χ3n) is 6.16. The number of imide groups is 1. The molecule has 10 nitrogen and oxygen atoms in total. The summed E-state index contributed by atoms with van der Waals surface area (Å²) in [5, 5.41) is 5.27. The van der Waals surface area contributed by atoms with Crippen molar-refractivity contribution in [1.29, 1.82) is 0 Å². The molecule has 0 unspecified atom stereocenters. The van der Waals surface area contributed by atoms with Gasteiger partial charge in [0, 0.05) is 23.2 Å². The molecule has 12 heteroatoms. The highest BCUT2D eigenvalue weighted by atomic mass is 79.9. The molecule has 2 heterocycles. The van der Waals surface area contributed by atoms with Gasteiger partial charge in [-0.3, -0.25) is 14.5 Å². The molecule has 3 atom stereocenters. The zero-order chi connectivity index (χ0) is 26.3. The van der Waals surface area contributed by atoms with Crippen molar-refractivity contribution in [3.05, 3.63) is 58.6 Å². The lowest BCUT2D eigenvalue weighted by atomic mass is 9.92. The summed E-state index contributed by atoms with van der Waals surface area (Å²) in [5.74, 6) is -1.13. The molecule has 0 saturated carbocycles. The van der Waals surface area contributed by atoms with E-state index in [1.54, 1.807) is 31.2 Å². The Hall–Kier alpha value is -2.80. The van der Waals surface area contributed by atoms with Gasteiger partial charge in [-0.25, -0.2) is 13.2 Å². The monoisotopic (exact) mass is 578 g/mol. The van der Waals surface area contributed by atoms with Crippen molar-refractivity contribution in [2.75, 3.05) is 25.0 Å². The number of benzene rings is 2. The largest absolute Gasteiger partial charge is 0.373 e. The summed E-state index contributed by atoms with van der Waals surface area (Å²) in [6.45, 7) is 5.27. The van der Waals surface area contributed by atoms with E-state index < -0.39 is 40.0 Å². The number of amides is 4. The summed E-state index contributed by atoms with van der Waals surface area (Å²) in [6, 6.07) is 12.1. The first-order valence-corrected chi connectivity index (χ1v) is 13.6. The molecular weight excluding hydrogens is 552 g/mol. The molecule has 2 aliphatic heterocycles. The van der Waals surface area contributed by atoms with Crippen molar-refractivity contribution < 1.29 is 27.5 Å². The van der Waals surface area contributed by atoms with Crippen LogP contribution in [0.1, 0.15) is 26.3 Å². The Kier molecular flexibility index (Phi) is 7.24. The van der Waals surface area contributed by atoms with Gasteiger partial charge in [0.05, 0.1) is 17.1 Å². The lowest BCUT2D eigenvalue weighted by Gasteiger charge is -2.34. The molecule has 2 fully saturated rings. The Labute approximate surface area is 218 Å². The van der Waals surface area contributed by atoms with Crippen LogP contribution in [0.25, 0.3) is 0 Å². The lowest BCUT2D eigenvalue weighted by Crippen LogP contribution is -2.48. The number of hydrogen-bond donors (Lipinski definition) is 2. The number of morpholine rings is 1. The number of carbonyl (C=O) groups is 3. The molecule has 4 amide bonds. The van der Waals surface area contributed by atoms with E-state index >= 15 is 0 Å². The molecule has 0 spiro atoms. The first kappa shape index (κ1) is 26.3. The molecule has 0 bridgehead atoms. The molecule has 0 aromatic heterocycles. The molecule has 2 aliphatic rings. The fourth-order valence-corrected chi connectivity index (χ4v) is 6.20. The number of urea groups is 1. The van der Waals surface area contributed by atoms with Crippen LogP contribution in [0.15, 0.2) is 57.9 Å². The van der Waals surface area contributed by atoms with Gasteiger partial charge in [0.1, 0.15) is 12.1 Å². The SMILES string of the molecule is C[C@@H]1CN(S(=O)(=O)c2ccc(NC(=O)CN3C(=O)N[C@](C)(c4ccc(Br)cc4)C3=O)cc2)C[C@@H](C)O1. The zero-order valence-corrected chi connectivity index (χ0v) is 22.4. The maximum Gasteiger partial charge on any atom is 0.325 e. The minimum Gasteiger partial charge on any atom is -0.373 e. The second-order valence-corrected chi connectivity index (χ2v) is 12.0. The Morgan fingerprint density at radius 1 is 1.08 bits per heavy atom. The van der Waals surface area contributed by atoms with Crippen LogP contribution >= 0.6 is 15.9 Å². The van der Waals surface area contributed by atoms with E-state index in [4.69, 9.17) is 4.74 Å². The van der Waals surface area contributed by atoms with E-state index in [1.165, 1.54) is 28.6 Å². The number of sulfonamides is 1. The van der Waals surface area contributed by atoms with Gasteiger partial charge < -0.3 is 15.4 Å². The minimum atomic E-state index is -3.72. The van der Waals surface area contributed by atoms with Gasteiger partial charge in [0.25, 0.3) is 5.91 Å². The highest BCUT2D eigenvalue weighted by Crippen LogP contribution is 2.30. The average molecular weight is 579 g/mol. The number of nitrogens with one attached hydrogen (secondary N) is 2. The number of carbonyl (C=O) groups excluding carboxylic acids is 3. The molecule has 2 N–H and O–H groups in total. The quantitative estimate of drug-likeness (QED) is 0.508. The van der Waals surface area contributed by atoms with Crippen LogP contribution < -0.4 is 10.6 Å². The highest BCUT2D eigenvalue weighted by Gasteiger charge is 2.49. The summed E-state index contributed by atoms with van der Waals surface area (Å²) >= 11 is 3.34. The van der Waals surface area contributed by atoms with E-state index in [0.29, 0.717) is 11.3 Å². The second kappa shape index (κ2) is 9.92. The molecule has 2 aromatic rings. The van der Waals surface area contributed by atoms with Crippen LogP contribution in [-0.2, 0) is 29.9 Å². The Balaban J connectivity index is 1.41. The fraction of sp³-hybridized carbons (Fsp3) is 0.375. The third-order valence-corrected chi connectivity index (χ3v) is 8.53. The van der Waals surface area contributed by atoms with Crippen LogP contribution in [0, 0.1) is 0 Å². The zero-order valence-electron chi connectivity index (χ0n) is 20.0. The van der Waals surface area contributed by atoms with Gasteiger partial charge in [-0.05, 0) is 62.7 Å². The lowest BCUT2D eigenvalue weighted by molar-refractivity contribution is -0.133. The first-order valence-electron chi connectivity index (χ1n) is 11.4. The molecule has 0 aliphatic carbocycles. The van der Waals surface area contributed by atoms with Gasteiger partial charge >= 0.3 is 6.03 Å². The normalized spacial score (nSPS) is 25.1. The number of rotatable bonds is 6. The van der Waals surface area contributed by atoms with E-state index in [2.05, 4.69) is 26.6 Å². The molecule has 36 heavy (non-hydrogen) atoms. The van der Waals surface area contributed by atoms with Crippen molar-refractivity contribution in [1.82, 2.24) is 14.5 Å². The van der Waals surface area contributed by atoms with Gasteiger partial charge in [-0.2, -0.15) is 4.31 Å². The smallest absolute Gasteiger partial charge is 0.325 e. The van der Waals surface area contributed by atoms with Gasteiger partial charge in [0.2, 0.25) is 15.9 Å². The van der Waals surface area contributed by atoms with E-state index in [0.717, 1.165) is 9.37 Å². The summed E-state index contributed by atoms with van der Waals surface area (Å²) in [4.78, 5) is 39.1. The number of anilines is 1. The topological polar surface area (TPSA) is 125 Å². The maximum atomic E-state index is 13.0. The van der Waals surface area contributed by atoms with Crippen molar-refractivity contribution in [2.45, 2.75) is 43.4 Å². The van der Waals surface area contributed by atoms with Crippen molar-refractivity contribution in [3.63, 3.8) is 0 Å². The number of halogens is 1. The Morgan fingerprint density at radius 2 is 1.67 bits per heavy atom. The van der Waals surface area contributed by atoms with Gasteiger partial charge in [-0.15, -0.1) is 0 Å². The summed E-state index contributed by atoms with van der Waals surface area (Å²) in [7, 11) is -3.72. The predicted octanol–water partition coefficient (Wildman–Crippen LogP) is 2.65. The van der Waals surface area contributed by atoms with Crippen LogP contribution in [0.5, 0.6) is 0 Å².